The van der Waals surface area contributed by atoms with Crippen LogP contribution in [0.1, 0.15) is 40.5 Å². The molecule has 2 aromatic rings. The molecule has 2 N–H and O–H groups in total. The number of ether oxygens (including phenoxy) is 1. The molecule has 0 saturated heterocycles. The Balaban J connectivity index is 1.95. The molecule has 6 nitrogen and oxygen atoms in total. The van der Waals surface area contributed by atoms with E-state index in [9.17, 15) is 14.4 Å². The van der Waals surface area contributed by atoms with Crippen LogP contribution >= 0.6 is 11.8 Å². The minimum Gasteiger partial charge on any atom is -0.478 e. The number of aromatic carboxylic acids is 1. The highest BCUT2D eigenvalue weighted by Crippen LogP contribution is 2.25. The molecular weight excluding hydrogens is 354 g/mol. The first-order valence-corrected chi connectivity index (χ1v) is 8.91. The average Bonchev–Trinajstić information content (AvgIpc) is 2.62. The lowest BCUT2D eigenvalue weighted by molar-refractivity contribution is 0.0499. The van der Waals surface area contributed by atoms with E-state index >= 15 is 0 Å². The van der Waals surface area contributed by atoms with Gasteiger partial charge in [-0.15, -0.1) is 0 Å². The first-order valence-electron chi connectivity index (χ1n) is 8.09. The Kier molecular flexibility index (Phi) is 7.23. The van der Waals surface area contributed by atoms with Gasteiger partial charge in [0, 0.05) is 10.6 Å². The summed E-state index contributed by atoms with van der Waals surface area (Å²) in [5.41, 5.74) is 0.973. The molecule has 0 aliphatic rings. The Bertz CT molecular complexity index is 789. The summed E-state index contributed by atoms with van der Waals surface area (Å²) in [5, 5.41) is 11.4. The maximum absolute atomic E-state index is 12.1. The molecule has 0 heterocycles. The molecule has 0 atom stereocenters. The van der Waals surface area contributed by atoms with Gasteiger partial charge in [0.1, 0.15) is 0 Å². The highest BCUT2D eigenvalue weighted by Gasteiger charge is 2.14. The predicted octanol–water partition coefficient (Wildman–Crippen LogP) is 4.67. The second-order valence-corrected chi connectivity index (χ2v) is 6.40. The fourth-order valence-electron chi connectivity index (χ4n) is 2.06. The Morgan fingerprint density at radius 2 is 1.77 bits per heavy atom. The van der Waals surface area contributed by atoms with Crippen molar-refractivity contribution in [2.24, 2.45) is 0 Å². The minimum absolute atomic E-state index is 0.0674. The molecular formula is C19H19NO5S. The van der Waals surface area contributed by atoms with Gasteiger partial charge in [0.25, 0.3) is 5.24 Å². The van der Waals surface area contributed by atoms with E-state index in [1.165, 1.54) is 6.07 Å². The lowest BCUT2D eigenvalue weighted by atomic mass is 10.2. The normalized spacial score (nSPS) is 10.2. The number of hydrogen-bond acceptors (Lipinski definition) is 5. The molecule has 2 rings (SSSR count). The summed E-state index contributed by atoms with van der Waals surface area (Å²) in [4.78, 5) is 35.5. The number of amides is 1. The van der Waals surface area contributed by atoms with E-state index in [0.29, 0.717) is 22.8 Å². The Hall–Kier alpha value is -2.80. The Labute approximate surface area is 155 Å². The van der Waals surface area contributed by atoms with Crippen molar-refractivity contribution in [1.29, 1.82) is 0 Å². The van der Waals surface area contributed by atoms with Crippen molar-refractivity contribution in [3.63, 3.8) is 0 Å². The molecule has 2 aromatic carbocycles. The summed E-state index contributed by atoms with van der Waals surface area (Å²) in [6.45, 7) is 2.39. The number of nitrogens with one attached hydrogen (secondary N) is 1. The monoisotopic (exact) mass is 373 g/mol. The van der Waals surface area contributed by atoms with Gasteiger partial charge in [0.2, 0.25) is 0 Å². The summed E-state index contributed by atoms with van der Waals surface area (Å²) >= 11 is 0.795. The third kappa shape index (κ3) is 5.63. The molecule has 26 heavy (non-hydrogen) atoms. The summed E-state index contributed by atoms with van der Waals surface area (Å²) in [5.74, 6) is -1.49. The van der Waals surface area contributed by atoms with Gasteiger partial charge in [0.05, 0.1) is 17.7 Å². The molecule has 7 heteroatoms. The first-order chi connectivity index (χ1) is 12.5. The topological polar surface area (TPSA) is 92.7 Å². The van der Waals surface area contributed by atoms with Crippen LogP contribution in [0.4, 0.5) is 10.5 Å². The Morgan fingerprint density at radius 1 is 1.08 bits per heavy atom. The SMILES string of the molecule is CCCCOC(=O)c1ccc(NC(=O)Sc2ccccc2C(=O)O)cc1. The van der Waals surface area contributed by atoms with E-state index in [-0.39, 0.29) is 5.56 Å². The van der Waals surface area contributed by atoms with Gasteiger partial charge < -0.3 is 15.2 Å². The second-order valence-electron chi connectivity index (χ2n) is 5.38. The van der Waals surface area contributed by atoms with Gasteiger partial charge in [-0.1, -0.05) is 25.5 Å². The van der Waals surface area contributed by atoms with Crippen LogP contribution in [-0.2, 0) is 4.74 Å². The number of thioether (sulfide) groups is 1. The summed E-state index contributed by atoms with van der Waals surface area (Å²) in [6, 6.07) is 12.6. The van der Waals surface area contributed by atoms with E-state index in [1.54, 1.807) is 42.5 Å². The van der Waals surface area contributed by atoms with E-state index in [1.807, 2.05) is 6.92 Å². The smallest absolute Gasteiger partial charge is 0.338 e. The van der Waals surface area contributed by atoms with E-state index in [0.717, 1.165) is 24.6 Å². The van der Waals surface area contributed by atoms with Crippen molar-refractivity contribution in [1.82, 2.24) is 0 Å². The number of benzene rings is 2. The van der Waals surface area contributed by atoms with E-state index < -0.39 is 17.2 Å². The van der Waals surface area contributed by atoms with Crippen LogP contribution in [0.5, 0.6) is 0 Å². The number of rotatable bonds is 7. The van der Waals surface area contributed by atoms with Gasteiger partial charge in [-0.3, -0.25) is 4.79 Å². The highest BCUT2D eigenvalue weighted by molar-refractivity contribution is 8.14. The van der Waals surface area contributed by atoms with Gasteiger partial charge in [0.15, 0.2) is 0 Å². The molecule has 0 unspecified atom stereocenters. The number of hydrogen-bond donors (Lipinski definition) is 2. The lowest BCUT2D eigenvalue weighted by Crippen LogP contribution is -2.08. The maximum Gasteiger partial charge on any atom is 0.338 e. The largest absolute Gasteiger partial charge is 0.478 e. The fraction of sp³-hybridized carbons (Fsp3) is 0.211. The molecule has 0 saturated carbocycles. The number of carbonyl (C=O) groups excluding carboxylic acids is 2. The van der Waals surface area contributed by atoms with Gasteiger partial charge in [-0.2, -0.15) is 0 Å². The number of carbonyl (C=O) groups is 3. The zero-order chi connectivity index (χ0) is 18.9. The molecule has 0 bridgehead atoms. The van der Waals surface area contributed by atoms with Crippen LogP contribution in [0.15, 0.2) is 53.4 Å². The van der Waals surface area contributed by atoms with E-state index in [4.69, 9.17) is 9.84 Å². The van der Waals surface area contributed by atoms with Gasteiger partial charge in [-0.25, -0.2) is 9.59 Å². The van der Waals surface area contributed by atoms with Crippen LogP contribution < -0.4 is 5.32 Å². The summed E-state index contributed by atoms with van der Waals surface area (Å²) < 4.78 is 5.12. The van der Waals surface area contributed by atoms with Crippen molar-refractivity contribution in [3.05, 3.63) is 59.7 Å². The second kappa shape index (κ2) is 9.62. The highest BCUT2D eigenvalue weighted by atomic mass is 32.2. The van der Waals surface area contributed by atoms with Crippen LogP contribution in [0.25, 0.3) is 0 Å². The molecule has 0 spiro atoms. The van der Waals surface area contributed by atoms with Crippen LogP contribution in [0.2, 0.25) is 0 Å². The van der Waals surface area contributed by atoms with Crippen molar-refractivity contribution in [2.45, 2.75) is 24.7 Å². The van der Waals surface area contributed by atoms with Crippen LogP contribution in [0, 0.1) is 0 Å². The molecule has 0 aliphatic heterocycles. The third-order valence-electron chi connectivity index (χ3n) is 3.42. The molecule has 0 radical (unpaired) electrons. The summed E-state index contributed by atoms with van der Waals surface area (Å²) in [6.07, 6.45) is 1.76. The van der Waals surface area contributed by atoms with E-state index in [2.05, 4.69) is 5.32 Å². The summed E-state index contributed by atoms with van der Waals surface area (Å²) in [7, 11) is 0. The third-order valence-corrected chi connectivity index (χ3v) is 4.28. The molecule has 0 aliphatic carbocycles. The number of unbranched alkanes of at least 4 members (excludes halogenated alkanes) is 1. The number of esters is 1. The van der Waals surface area contributed by atoms with Gasteiger partial charge >= 0.3 is 11.9 Å². The molecule has 0 fully saturated rings. The number of carboxylic acid groups (broad SMARTS) is 1. The van der Waals surface area contributed by atoms with Gasteiger partial charge in [-0.05, 0) is 54.6 Å². The molecule has 1 amide bonds. The van der Waals surface area contributed by atoms with Crippen molar-refractivity contribution in [2.75, 3.05) is 11.9 Å². The predicted molar refractivity (Wildman–Crippen MR) is 99.9 cm³/mol. The zero-order valence-electron chi connectivity index (χ0n) is 14.2. The van der Waals surface area contributed by atoms with Crippen molar-refractivity contribution < 1.29 is 24.2 Å². The van der Waals surface area contributed by atoms with Crippen LogP contribution in [-0.4, -0.2) is 28.9 Å². The maximum atomic E-state index is 12.1. The van der Waals surface area contributed by atoms with Crippen molar-refractivity contribution in [3.8, 4) is 0 Å². The lowest BCUT2D eigenvalue weighted by Gasteiger charge is -2.08. The first kappa shape index (κ1) is 19.5. The average molecular weight is 373 g/mol. The standard InChI is InChI=1S/C19H19NO5S/c1-2-3-12-25-18(23)13-8-10-14(11-9-13)20-19(24)26-16-7-5-4-6-15(16)17(21)22/h4-11H,2-3,12H2,1H3,(H,20,24)(H,21,22). The number of carboxylic acids is 1. The number of anilines is 1. The fourth-order valence-corrected chi connectivity index (χ4v) is 2.84. The molecule has 136 valence electrons. The quantitative estimate of drug-likeness (QED) is 0.416. The Morgan fingerprint density at radius 3 is 2.42 bits per heavy atom. The minimum atomic E-state index is -1.09. The van der Waals surface area contributed by atoms with Crippen LogP contribution in [0.3, 0.4) is 0 Å². The van der Waals surface area contributed by atoms with Crippen molar-refractivity contribution >= 4 is 34.6 Å². The molecule has 0 aromatic heterocycles. The zero-order valence-corrected chi connectivity index (χ0v) is 15.0.